The van der Waals surface area contributed by atoms with E-state index in [1.54, 1.807) is 4.90 Å². The van der Waals surface area contributed by atoms with Gasteiger partial charge in [0.15, 0.2) is 0 Å². The summed E-state index contributed by atoms with van der Waals surface area (Å²) in [5.74, 6) is 1.43. The van der Waals surface area contributed by atoms with E-state index >= 15 is 0 Å². The molecule has 0 spiro atoms. The molecule has 1 aromatic heterocycles. The Morgan fingerprint density at radius 2 is 2.12 bits per heavy atom. The highest BCUT2D eigenvalue weighted by Crippen LogP contribution is 2.24. The number of carbonyl (C=O) groups excluding carboxylic acids is 2. The fraction of sp³-hybridized carbons (Fsp3) is 0.650. The molecule has 6 nitrogen and oxygen atoms in total. The lowest BCUT2D eigenvalue weighted by Gasteiger charge is -2.24. The summed E-state index contributed by atoms with van der Waals surface area (Å²) in [4.78, 5) is 31.9. The molecule has 1 aromatic rings. The van der Waals surface area contributed by atoms with Crippen molar-refractivity contribution >= 4 is 17.8 Å². The first-order chi connectivity index (χ1) is 12.3. The predicted octanol–water partition coefficient (Wildman–Crippen LogP) is 3.40. The number of hydrogen-bond acceptors (Lipinski definition) is 4. The van der Waals surface area contributed by atoms with E-state index in [9.17, 15) is 9.59 Å². The largest absolute Gasteiger partial charge is 0.444 e. The Labute approximate surface area is 155 Å². The molecule has 2 aliphatic heterocycles. The van der Waals surface area contributed by atoms with Gasteiger partial charge in [0, 0.05) is 32.3 Å². The monoisotopic (exact) mass is 359 g/mol. The van der Waals surface area contributed by atoms with Crippen molar-refractivity contribution in [1.29, 1.82) is 0 Å². The number of carbonyl (C=O) groups is 2. The van der Waals surface area contributed by atoms with Gasteiger partial charge in [-0.25, -0.2) is 9.78 Å². The molecule has 26 heavy (non-hydrogen) atoms. The molecule has 3 rings (SSSR count). The standard InChI is InChI=1S/C20H29N3O3/c1-20(2,3)26-19(25)22-12-10-16(14-22)7-6-15-8-9-17(21-13-15)23-11-4-5-18(23)24/h8-9,13,16H,4-7,10-12,14H2,1-3H3. The zero-order valence-electron chi connectivity index (χ0n) is 16.0. The minimum absolute atomic E-state index is 0.165. The van der Waals surface area contributed by atoms with Crippen LogP contribution in [0.2, 0.25) is 0 Å². The summed E-state index contributed by atoms with van der Waals surface area (Å²) in [6.07, 6.45) is 6.20. The van der Waals surface area contributed by atoms with Gasteiger partial charge in [-0.2, -0.15) is 0 Å². The summed E-state index contributed by atoms with van der Waals surface area (Å²) in [5, 5.41) is 0. The van der Waals surface area contributed by atoms with E-state index in [-0.39, 0.29) is 12.0 Å². The third-order valence-electron chi connectivity index (χ3n) is 4.94. The van der Waals surface area contributed by atoms with Gasteiger partial charge in [0.2, 0.25) is 5.91 Å². The van der Waals surface area contributed by atoms with E-state index in [0.717, 1.165) is 51.1 Å². The molecule has 1 unspecified atom stereocenters. The van der Waals surface area contributed by atoms with Crippen LogP contribution >= 0.6 is 0 Å². The van der Waals surface area contributed by atoms with Gasteiger partial charge in [-0.3, -0.25) is 9.69 Å². The number of rotatable bonds is 4. The van der Waals surface area contributed by atoms with E-state index in [1.165, 1.54) is 5.56 Å². The normalized spacial score (nSPS) is 20.7. The van der Waals surface area contributed by atoms with Crippen LogP contribution in [0.4, 0.5) is 10.6 Å². The molecule has 0 saturated carbocycles. The van der Waals surface area contributed by atoms with Crippen molar-refractivity contribution < 1.29 is 14.3 Å². The Morgan fingerprint density at radius 1 is 1.31 bits per heavy atom. The first-order valence-electron chi connectivity index (χ1n) is 9.55. The summed E-state index contributed by atoms with van der Waals surface area (Å²) >= 11 is 0. The molecule has 6 heteroatoms. The van der Waals surface area contributed by atoms with Crippen LogP contribution in [0.1, 0.15) is 52.0 Å². The van der Waals surface area contributed by atoms with Gasteiger partial charge in [0.25, 0.3) is 0 Å². The summed E-state index contributed by atoms with van der Waals surface area (Å²) in [6, 6.07) is 4.01. The maximum Gasteiger partial charge on any atom is 0.410 e. The van der Waals surface area contributed by atoms with Crippen molar-refractivity contribution in [3.05, 3.63) is 23.9 Å². The van der Waals surface area contributed by atoms with Crippen LogP contribution in [-0.4, -0.2) is 47.1 Å². The number of likely N-dealkylation sites (tertiary alicyclic amines) is 1. The van der Waals surface area contributed by atoms with Crippen molar-refractivity contribution in [2.75, 3.05) is 24.5 Å². The van der Waals surface area contributed by atoms with Crippen LogP contribution in [-0.2, 0) is 16.0 Å². The summed E-state index contributed by atoms with van der Waals surface area (Å²) in [7, 11) is 0. The number of nitrogens with zero attached hydrogens (tertiary/aromatic N) is 3. The molecular formula is C20H29N3O3. The third-order valence-corrected chi connectivity index (χ3v) is 4.94. The Bertz CT molecular complexity index is 651. The van der Waals surface area contributed by atoms with Crippen LogP contribution in [0, 0.1) is 5.92 Å². The second-order valence-corrected chi connectivity index (χ2v) is 8.29. The molecule has 0 N–H and O–H groups in total. The second-order valence-electron chi connectivity index (χ2n) is 8.29. The van der Waals surface area contributed by atoms with Gasteiger partial charge in [-0.05, 0) is 64.0 Å². The first kappa shape index (κ1) is 18.7. The number of ether oxygens (including phenoxy) is 1. The van der Waals surface area contributed by atoms with Crippen LogP contribution in [0.15, 0.2) is 18.3 Å². The lowest BCUT2D eigenvalue weighted by atomic mass is 10.00. The van der Waals surface area contributed by atoms with Gasteiger partial charge in [-0.15, -0.1) is 0 Å². The van der Waals surface area contributed by atoms with E-state index in [0.29, 0.717) is 12.3 Å². The summed E-state index contributed by atoms with van der Waals surface area (Å²) in [6.45, 7) is 7.99. The third kappa shape index (κ3) is 4.74. The topological polar surface area (TPSA) is 62.7 Å². The van der Waals surface area contributed by atoms with Crippen molar-refractivity contribution in [3.63, 3.8) is 0 Å². The van der Waals surface area contributed by atoms with Gasteiger partial charge in [0.1, 0.15) is 11.4 Å². The molecule has 1 atom stereocenters. The molecule has 2 aliphatic rings. The fourth-order valence-corrected chi connectivity index (χ4v) is 3.55. The highest BCUT2D eigenvalue weighted by atomic mass is 16.6. The molecule has 142 valence electrons. The van der Waals surface area contributed by atoms with Crippen LogP contribution in [0.3, 0.4) is 0 Å². The van der Waals surface area contributed by atoms with Crippen molar-refractivity contribution in [3.8, 4) is 0 Å². The van der Waals surface area contributed by atoms with E-state index in [2.05, 4.69) is 11.1 Å². The Balaban J connectivity index is 1.46. The molecule has 0 aliphatic carbocycles. The molecule has 2 saturated heterocycles. The average molecular weight is 359 g/mol. The number of aromatic nitrogens is 1. The van der Waals surface area contributed by atoms with E-state index in [4.69, 9.17) is 4.74 Å². The number of aryl methyl sites for hydroxylation is 1. The molecule has 2 fully saturated rings. The highest BCUT2D eigenvalue weighted by Gasteiger charge is 2.29. The lowest BCUT2D eigenvalue weighted by molar-refractivity contribution is -0.117. The fourth-order valence-electron chi connectivity index (χ4n) is 3.55. The van der Waals surface area contributed by atoms with E-state index < -0.39 is 5.60 Å². The molecular weight excluding hydrogens is 330 g/mol. The quantitative estimate of drug-likeness (QED) is 0.827. The summed E-state index contributed by atoms with van der Waals surface area (Å²) in [5.41, 5.74) is 0.732. The zero-order chi connectivity index (χ0) is 18.7. The number of hydrogen-bond donors (Lipinski definition) is 0. The SMILES string of the molecule is CC(C)(C)OC(=O)N1CCC(CCc2ccc(N3CCCC3=O)nc2)C1. The Kier molecular flexibility index (Phi) is 5.49. The predicted molar refractivity (Wildman–Crippen MR) is 100 cm³/mol. The maximum absolute atomic E-state index is 12.1. The van der Waals surface area contributed by atoms with Gasteiger partial charge in [0.05, 0.1) is 0 Å². The lowest BCUT2D eigenvalue weighted by Crippen LogP contribution is -2.35. The van der Waals surface area contributed by atoms with Gasteiger partial charge < -0.3 is 9.64 Å². The minimum Gasteiger partial charge on any atom is -0.444 e. The molecule has 0 aromatic carbocycles. The number of pyridine rings is 1. The zero-order valence-corrected chi connectivity index (χ0v) is 16.0. The van der Waals surface area contributed by atoms with Crippen molar-refractivity contribution in [1.82, 2.24) is 9.88 Å². The average Bonchev–Trinajstić information content (AvgIpc) is 3.21. The van der Waals surface area contributed by atoms with Gasteiger partial charge >= 0.3 is 6.09 Å². The molecule has 3 heterocycles. The molecule has 0 radical (unpaired) electrons. The smallest absolute Gasteiger partial charge is 0.410 e. The highest BCUT2D eigenvalue weighted by molar-refractivity contribution is 5.94. The molecule has 0 bridgehead atoms. The minimum atomic E-state index is -0.445. The van der Waals surface area contributed by atoms with Crippen LogP contribution in [0.25, 0.3) is 0 Å². The van der Waals surface area contributed by atoms with Crippen molar-refractivity contribution in [2.24, 2.45) is 5.92 Å². The van der Waals surface area contributed by atoms with Crippen LogP contribution in [0.5, 0.6) is 0 Å². The first-order valence-corrected chi connectivity index (χ1v) is 9.55. The summed E-state index contributed by atoms with van der Waals surface area (Å²) < 4.78 is 5.45. The van der Waals surface area contributed by atoms with E-state index in [1.807, 2.05) is 37.9 Å². The van der Waals surface area contributed by atoms with Crippen LogP contribution < -0.4 is 4.90 Å². The second kappa shape index (κ2) is 7.64. The molecule has 2 amide bonds. The number of amides is 2. The van der Waals surface area contributed by atoms with Crippen molar-refractivity contribution in [2.45, 2.75) is 58.5 Å². The Morgan fingerprint density at radius 3 is 2.73 bits per heavy atom. The van der Waals surface area contributed by atoms with Gasteiger partial charge in [-0.1, -0.05) is 6.07 Å². The number of anilines is 1. The Hall–Kier alpha value is -2.11. The maximum atomic E-state index is 12.1.